The van der Waals surface area contributed by atoms with E-state index >= 15 is 0 Å². The Kier molecular flexibility index (Phi) is 6.22. The second-order valence-corrected chi connectivity index (χ2v) is 5.14. The summed E-state index contributed by atoms with van der Waals surface area (Å²) in [6.45, 7) is -0.824. The van der Waals surface area contributed by atoms with Crippen molar-refractivity contribution in [2.75, 3.05) is 25.1 Å². The average Bonchev–Trinajstić information content (AvgIpc) is 2.64. The Morgan fingerprint density at radius 1 is 1.04 bits per heavy atom. The molecule has 0 aliphatic heterocycles. The van der Waals surface area contributed by atoms with Gasteiger partial charge in [0.2, 0.25) is 0 Å². The molecule has 6 nitrogen and oxygen atoms in total. The summed E-state index contributed by atoms with van der Waals surface area (Å²) in [5.41, 5.74) is 0.891. The third-order valence-electron chi connectivity index (χ3n) is 3.37. The zero-order valence-corrected chi connectivity index (χ0v) is 13.6. The molecule has 0 spiro atoms. The van der Waals surface area contributed by atoms with Crippen LogP contribution in [0.25, 0.3) is 0 Å². The van der Waals surface area contributed by atoms with Crippen molar-refractivity contribution in [3.63, 3.8) is 0 Å². The first-order chi connectivity index (χ1) is 12.0. The lowest BCUT2D eigenvalue weighted by Gasteiger charge is -2.17. The molecular weight excluding hydrogens is 327 g/mol. The van der Waals surface area contributed by atoms with Gasteiger partial charge in [0.05, 0.1) is 0 Å². The van der Waals surface area contributed by atoms with Gasteiger partial charge in [0.25, 0.3) is 11.8 Å². The Balaban J connectivity index is 1.76. The zero-order valence-electron chi connectivity index (χ0n) is 13.6. The summed E-state index contributed by atoms with van der Waals surface area (Å²) in [7, 11) is 1.57. The number of likely N-dealkylation sites (N-methyl/N-ethyl adjacent to an activating group) is 1. The highest BCUT2D eigenvalue weighted by Gasteiger charge is 2.14. The van der Waals surface area contributed by atoms with Crippen molar-refractivity contribution < 1.29 is 23.5 Å². The monoisotopic (exact) mass is 344 g/mol. The molecule has 0 bridgehead atoms. The van der Waals surface area contributed by atoms with E-state index in [9.17, 15) is 18.8 Å². The summed E-state index contributed by atoms with van der Waals surface area (Å²) < 4.78 is 17.6. The summed E-state index contributed by atoms with van der Waals surface area (Å²) in [4.78, 5) is 36.7. The van der Waals surface area contributed by atoms with Crippen LogP contribution >= 0.6 is 0 Å². The Hall–Kier alpha value is -3.22. The maximum atomic E-state index is 12.8. The molecule has 0 fully saturated rings. The van der Waals surface area contributed by atoms with Crippen molar-refractivity contribution in [2.45, 2.75) is 0 Å². The van der Waals surface area contributed by atoms with E-state index in [-0.39, 0.29) is 5.56 Å². The van der Waals surface area contributed by atoms with Gasteiger partial charge in [-0.05, 0) is 36.4 Å². The molecule has 2 aromatic rings. The number of esters is 1. The lowest BCUT2D eigenvalue weighted by Crippen LogP contribution is -2.34. The van der Waals surface area contributed by atoms with Crippen molar-refractivity contribution in [2.24, 2.45) is 0 Å². The second-order valence-electron chi connectivity index (χ2n) is 5.14. The number of para-hydroxylation sites is 1. The number of carbonyl (C=O) groups is 3. The highest BCUT2D eigenvalue weighted by Crippen LogP contribution is 2.10. The molecule has 0 unspecified atom stereocenters. The van der Waals surface area contributed by atoms with Crippen LogP contribution in [-0.4, -0.2) is 38.0 Å². The average molecular weight is 344 g/mol. The second kappa shape index (κ2) is 8.58. The lowest BCUT2D eigenvalue weighted by molar-refractivity contribution is -0.146. The first-order valence-electron chi connectivity index (χ1n) is 7.48. The number of ether oxygens (including phenoxy) is 1. The van der Waals surface area contributed by atoms with Gasteiger partial charge in [-0.25, -0.2) is 4.39 Å². The van der Waals surface area contributed by atoms with E-state index < -0.39 is 36.8 Å². The van der Waals surface area contributed by atoms with E-state index in [0.717, 1.165) is 12.1 Å². The third kappa shape index (κ3) is 5.42. The molecule has 0 saturated carbocycles. The summed E-state index contributed by atoms with van der Waals surface area (Å²) in [5.74, 6) is -2.14. The van der Waals surface area contributed by atoms with Gasteiger partial charge in [0, 0.05) is 18.3 Å². The molecule has 2 amide bonds. The standard InChI is InChI=1S/C18H17FN2O4/c1-21(15-5-3-2-4-6-15)16(22)12-25-17(23)11-20-18(24)13-7-9-14(19)10-8-13/h2-10H,11-12H2,1H3,(H,20,24). The van der Waals surface area contributed by atoms with Crippen LogP contribution in [0.1, 0.15) is 10.4 Å². The molecule has 2 rings (SSSR count). The van der Waals surface area contributed by atoms with Crippen molar-refractivity contribution in [3.8, 4) is 0 Å². The lowest BCUT2D eigenvalue weighted by atomic mass is 10.2. The normalized spacial score (nSPS) is 10.0. The molecule has 0 aliphatic rings. The van der Waals surface area contributed by atoms with Gasteiger partial charge >= 0.3 is 5.97 Å². The smallest absolute Gasteiger partial charge is 0.325 e. The van der Waals surface area contributed by atoms with E-state index in [4.69, 9.17) is 4.74 Å². The van der Waals surface area contributed by atoms with Crippen molar-refractivity contribution in [3.05, 3.63) is 66.0 Å². The molecule has 0 atom stereocenters. The number of rotatable bonds is 6. The van der Waals surface area contributed by atoms with E-state index in [1.807, 2.05) is 6.07 Å². The fourth-order valence-electron chi connectivity index (χ4n) is 1.94. The first kappa shape index (κ1) is 18.1. The Bertz CT molecular complexity index is 747. The van der Waals surface area contributed by atoms with Crippen LogP contribution in [0.2, 0.25) is 0 Å². The minimum absolute atomic E-state index is 0.217. The number of nitrogens with zero attached hydrogens (tertiary/aromatic N) is 1. The minimum Gasteiger partial charge on any atom is -0.454 e. The van der Waals surface area contributed by atoms with Crippen LogP contribution in [0.4, 0.5) is 10.1 Å². The number of hydrogen-bond donors (Lipinski definition) is 1. The fourth-order valence-corrected chi connectivity index (χ4v) is 1.94. The molecule has 25 heavy (non-hydrogen) atoms. The number of hydrogen-bond acceptors (Lipinski definition) is 4. The van der Waals surface area contributed by atoms with Crippen LogP contribution in [-0.2, 0) is 14.3 Å². The molecule has 1 N–H and O–H groups in total. The summed E-state index contributed by atoms with van der Waals surface area (Å²) in [5, 5.41) is 2.34. The van der Waals surface area contributed by atoms with Crippen molar-refractivity contribution >= 4 is 23.5 Å². The fraction of sp³-hybridized carbons (Fsp3) is 0.167. The minimum atomic E-state index is -0.745. The third-order valence-corrected chi connectivity index (χ3v) is 3.37. The Morgan fingerprint density at radius 2 is 1.68 bits per heavy atom. The number of carbonyl (C=O) groups excluding carboxylic acids is 3. The van der Waals surface area contributed by atoms with Crippen LogP contribution in [0.15, 0.2) is 54.6 Å². The molecule has 2 aromatic carbocycles. The predicted molar refractivity (Wildman–Crippen MR) is 89.5 cm³/mol. The van der Waals surface area contributed by atoms with Crippen LogP contribution < -0.4 is 10.2 Å². The van der Waals surface area contributed by atoms with Gasteiger partial charge in [-0.2, -0.15) is 0 Å². The number of benzene rings is 2. The quantitative estimate of drug-likeness (QED) is 0.810. The number of halogens is 1. The Morgan fingerprint density at radius 3 is 2.32 bits per heavy atom. The molecule has 0 heterocycles. The van der Waals surface area contributed by atoms with Crippen LogP contribution in [0.3, 0.4) is 0 Å². The molecule has 0 radical (unpaired) electrons. The summed E-state index contributed by atoms with van der Waals surface area (Å²) >= 11 is 0. The molecule has 130 valence electrons. The summed E-state index contributed by atoms with van der Waals surface area (Å²) in [6.07, 6.45) is 0. The largest absolute Gasteiger partial charge is 0.454 e. The number of amides is 2. The molecule has 7 heteroatoms. The van der Waals surface area contributed by atoms with Crippen LogP contribution in [0, 0.1) is 5.82 Å². The molecule has 0 aliphatic carbocycles. The van der Waals surface area contributed by atoms with Crippen molar-refractivity contribution in [1.82, 2.24) is 5.32 Å². The van der Waals surface area contributed by atoms with Crippen LogP contribution in [0.5, 0.6) is 0 Å². The first-order valence-corrected chi connectivity index (χ1v) is 7.48. The highest BCUT2D eigenvalue weighted by atomic mass is 19.1. The number of nitrogens with one attached hydrogen (secondary N) is 1. The maximum absolute atomic E-state index is 12.8. The van der Waals surface area contributed by atoms with Gasteiger partial charge in [0.1, 0.15) is 12.4 Å². The zero-order chi connectivity index (χ0) is 18.2. The predicted octanol–water partition coefficient (Wildman–Crippen LogP) is 1.76. The maximum Gasteiger partial charge on any atom is 0.325 e. The Labute approximate surface area is 144 Å². The van der Waals surface area contributed by atoms with Gasteiger partial charge in [-0.15, -0.1) is 0 Å². The topological polar surface area (TPSA) is 75.7 Å². The SMILES string of the molecule is CN(C(=O)COC(=O)CNC(=O)c1ccc(F)cc1)c1ccccc1. The van der Waals surface area contributed by atoms with Gasteiger partial charge in [-0.3, -0.25) is 14.4 Å². The highest BCUT2D eigenvalue weighted by molar-refractivity contribution is 5.97. The molecule has 0 saturated heterocycles. The molecule has 0 aromatic heterocycles. The van der Waals surface area contributed by atoms with Gasteiger partial charge in [0.15, 0.2) is 6.61 Å². The van der Waals surface area contributed by atoms with E-state index in [2.05, 4.69) is 5.32 Å². The van der Waals surface area contributed by atoms with E-state index in [1.54, 1.807) is 31.3 Å². The van der Waals surface area contributed by atoms with E-state index in [1.165, 1.54) is 17.0 Å². The van der Waals surface area contributed by atoms with Crippen molar-refractivity contribution in [1.29, 1.82) is 0 Å². The van der Waals surface area contributed by atoms with E-state index in [0.29, 0.717) is 5.69 Å². The molecular formula is C18H17FN2O4. The number of anilines is 1. The van der Waals surface area contributed by atoms with Gasteiger partial charge < -0.3 is 15.0 Å². The van der Waals surface area contributed by atoms with Gasteiger partial charge in [-0.1, -0.05) is 18.2 Å². The summed E-state index contributed by atoms with van der Waals surface area (Å²) in [6, 6.07) is 13.8.